The molecule has 0 spiro atoms. The monoisotopic (exact) mass is 256 g/mol. The zero-order valence-corrected chi connectivity index (χ0v) is 9.56. The van der Waals surface area contributed by atoms with Gasteiger partial charge in [0.25, 0.3) is 0 Å². The zero-order chi connectivity index (χ0) is 11.5. The molecule has 2 rings (SSSR count). The summed E-state index contributed by atoms with van der Waals surface area (Å²) in [5, 5.41) is 3.54. The van der Waals surface area contributed by atoms with Gasteiger partial charge in [0.1, 0.15) is 16.1 Å². The predicted octanol–water partition coefficient (Wildman–Crippen LogP) is 4.27. The van der Waals surface area contributed by atoms with Crippen LogP contribution in [0.25, 0.3) is 0 Å². The minimum atomic E-state index is -0.309. The molecule has 82 valence electrons. The Morgan fingerprint density at radius 3 is 2.31 bits per heavy atom. The summed E-state index contributed by atoms with van der Waals surface area (Å²) < 4.78 is 12.9. The maximum Gasteiger partial charge on any atom is 0.132 e. The van der Waals surface area contributed by atoms with Gasteiger partial charge in [-0.05, 0) is 30.3 Å². The molecule has 2 nitrogen and oxygen atoms in total. The molecular formula is C11H7Cl2FN2. The summed E-state index contributed by atoms with van der Waals surface area (Å²) in [4.78, 5) is 3.81. The smallest absolute Gasteiger partial charge is 0.132 e. The van der Waals surface area contributed by atoms with Crippen LogP contribution >= 0.6 is 23.2 Å². The fourth-order valence-electron chi connectivity index (χ4n) is 1.27. The van der Waals surface area contributed by atoms with Crippen molar-refractivity contribution in [1.29, 1.82) is 0 Å². The molecule has 1 N–H and O–H groups in total. The predicted molar refractivity (Wildman–Crippen MR) is 63.9 cm³/mol. The molecule has 0 atom stereocenters. The summed E-state index contributed by atoms with van der Waals surface area (Å²) >= 11 is 11.5. The lowest BCUT2D eigenvalue weighted by Crippen LogP contribution is -1.91. The topological polar surface area (TPSA) is 24.9 Å². The van der Waals surface area contributed by atoms with E-state index in [4.69, 9.17) is 23.2 Å². The van der Waals surface area contributed by atoms with Crippen molar-refractivity contribution >= 4 is 34.6 Å². The van der Waals surface area contributed by atoms with Crippen molar-refractivity contribution in [3.8, 4) is 0 Å². The third-order valence-electron chi connectivity index (χ3n) is 1.88. The molecule has 0 unspecified atom stereocenters. The molecule has 1 heterocycles. The van der Waals surface area contributed by atoms with Gasteiger partial charge in [-0.25, -0.2) is 9.37 Å². The Morgan fingerprint density at radius 1 is 1.00 bits per heavy atom. The van der Waals surface area contributed by atoms with E-state index in [2.05, 4.69) is 10.3 Å². The van der Waals surface area contributed by atoms with E-state index >= 15 is 0 Å². The van der Waals surface area contributed by atoms with Gasteiger partial charge in [-0.1, -0.05) is 29.3 Å². The van der Waals surface area contributed by atoms with Crippen molar-refractivity contribution in [3.05, 3.63) is 52.5 Å². The number of hydrogen-bond acceptors (Lipinski definition) is 2. The summed E-state index contributed by atoms with van der Waals surface area (Å²) in [5.74, 6) is -0.309. The quantitative estimate of drug-likeness (QED) is 0.812. The number of hydrogen-bond donors (Lipinski definition) is 1. The van der Waals surface area contributed by atoms with Gasteiger partial charge in [0.05, 0.1) is 0 Å². The number of anilines is 2. The molecular weight excluding hydrogens is 250 g/mol. The highest BCUT2D eigenvalue weighted by atomic mass is 35.5. The van der Waals surface area contributed by atoms with Gasteiger partial charge in [-0.3, -0.25) is 0 Å². The van der Waals surface area contributed by atoms with E-state index in [1.807, 2.05) is 0 Å². The maximum absolute atomic E-state index is 12.9. The number of rotatable bonds is 2. The van der Waals surface area contributed by atoms with Crippen molar-refractivity contribution in [2.24, 2.45) is 0 Å². The lowest BCUT2D eigenvalue weighted by Gasteiger charge is -2.06. The molecule has 0 bridgehead atoms. The summed E-state index contributed by atoms with van der Waals surface area (Å²) in [6, 6.07) is 9.32. The number of benzene rings is 1. The molecule has 16 heavy (non-hydrogen) atoms. The molecule has 0 saturated heterocycles. The van der Waals surface area contributed by atoms with Crippen molar-refractivity contribution in [2.45, 2.75) is 0 Å². The van der Waals surface area contributed by atoms with Gasteiger partial charge in [0.2, 0.25) is 0 Å². The van der Waals surface area contributed by atoms with Crippen LogP contribution in [0.3, 0.4) is 0 Å². The van der Waals surface area contributed by atoms with E-state index in [0.717, 1.165) is 0 Å². The molecule has 0 fully saturated rings. The van der Waals surface area contributed by atoms with Gasteiger partial charge in [0, 0.05) is 11.4 Å². The first-order valence-corrected chi connectivity index (χ1v) is 5.25. The van der Waals surface area contributed by atoms with Gasteiger partial charge in [0.15, 0.2) is 0 Å². The van der Waals surface area contributed by atoms with Gasteiger partial charge in [-0.2, -0.15) is 0 Å². The molecule has 0 aliphatic heterocycles. The molecule has 1 aromatic heterocycles. The van der Waals surface area contributed by atoms with Crippen molar-refractivity contribution < 1.29 is 4.39 Å². The first-order valence-electron chi connectivity index (χ1n) is 4.49. The molecule has 5 heteroatoms. The number of nitrogens with zero attached hydrogens (tertiary/aromatic N) is 1. The summed E-state index contributed by atoms with van der Waals surface area (Å²) in [6.45, 7) is 0. The Labute approximate surface area is 102 Å². The highest BCUT2D eigenvalue weighted by Crippen LogP contribution is 2.22. The van der Waals surface area contributed by atoms with Crippen LogP contribution in [0.5, 0.6) is 0 Å². The van der Waals surface area contributed by atoms with Crippen LogP contribution in [0.4, 0.5) is 15.8 Å². The third-order valence-corrected chi connectivity index (χ3v) is 2.26. The van der Waals surface area contributed by atoms with Crippen LogP contribution in [-0.2, 0) is 0 Å². The fourth-order valence-corrected chi connectivity index (χ4v) is 1.73. The standard InChI is InChI=1S/C11H7Cl2FN2/c12-10-5-9(6-11(13)16-10)15-8-3-1-2-7(14)4-8/h1-6H,(H,15,16). The number of halogens is 3. The van der Waals surface area contributed by atoms with E-state index < -0.39 is 0 Å². The molecule has 0 aliphatic rings. The second-order valence-corrected chi connectivity index (χ2v) is 3.91. The molecule has 0 amide bonds. The van der Waals surface area contributed by atoms with Crippen LogP contribution in [0.1, 0.15) is 0 Å². The first kappa shape index (κ1) is 11.2. The van der Waals surface area contributed by atoms with Gasteiger partial charge in [-0.15, -0.1) is 0 Å². The van der Waals surface area contributed by atoms with Crippen LogP contribution in [-0.4, -0.2) is 4.98 Å². The first-order chi connectivity index (χ1) is 7.63. The van der Waals surface area contributed by atoms with Gasteiger partial charge >= 0.3 is 0 Å². The van der Waals surface area contributed by atoms with E-state index in [1.165, 1.54) is 12.1 Å². The normalized spacial score (nSPS) is 10.2. The van der Waals surface area contributed by atoms with Crippen molar-refractivity contribution in [2.75, 3.05) is 5.32 Å². The highest BCUT2D eigenvalue weighted by Gasteiger charge is 2.00. The highest BCUT2D eigenvalue weighted by molar-refractivity contribution is 6.32. The van der Waals surface area contributed by atoms with E-state index in [-0.39, 0.29) is 16.1 Å². The van der Waals surface area contributed by atoms with Crippen molar-refractivity contribution in [1.82, 2.24) is 4.98 Å². The lowest BCUT2D eigenvalue weighted by atomic mass is 10.3. The average Bonchev–Trinajstić information content (AvgIpc) is 2.15. The zero-order valence-electron chi connectivity index (χ0n) is 8.05. The van der Waals surface area contributed by atoms with Crippen LogP contribution < -0.4 is 5.32 Å². The molecule has 0 saturated carbocycles. The maximum atomic E-state index is 12.9. The lowest BCUT2D eigenvalue weighted by molar-refractivity contribution is 0.628. The number of pyridine rings is 1. The second-order valence-electron chi connectivity index (χ2n) is 3.14. The molecule has 2 aromatic rings. The Morgan fingerprint density at radius 2 is 1.69 bits per heavy atom. The molecule has 0 radical (unpaired) electrons. The summed E-state index contributed by atoms with van der Waals surface area (Å²) in [7, 11) is 0. The van der Waals surface area contributed by atoms with Gasteiger partial charge < -0.3 is 5.32 Å². The average molecular weight is 257 g/mol. The van der Waals surface area contributed by atoms with E-state index in [0.29, 0.717) is 11.4 Å². The third kappa shape index (κ3) is 2.84. The summed E-state index contributed by atoms with van der Waals surface area (Å²) in [5.41, 5.74) is 1.29. The minimum absolute atomic E-state index is 0.284. The largest absolute Gasteiger partial charge is 0.355 e. The summed E-state index contributed by atoms with van der Waals surface area (Å²) in [6.07, 6.45) is 0. The van der Waals surface area contributed by atoms with Crippen LogP contribution in [0.15, 0.2) is 36.4 Å². The van der Waals surface area contributed by atoms with Crippen LogP contribution in [0, 0.1) is 5.82 Å². The SMILES string of the molecule is Fc1cccc(Nc2cc(Cl)nc(Cl)c2)c1. The van der Waals surface area contributed by atoms with E-state index in [9.17, 15) is 4.39 Å². The Balaban J connectivity index is 2.27. The second kappa shape index (κ2) is 4.68. The minimum Gasteiger partial charge on any atom is -0.355 e. The number of nitrogens with one attached hydrogen (secondary N) is 1. The van der Waals surface area contributed by atoms with E-state index in [1.54, 1.807) is 24.3 Å². The van der Waals surface area contributed by atoms with Crippen molar-refractivity contribution in [3.63, 3.8) is 0 Å². The Hall–Kier alpha value is -1.32. The fraction of sp³-hybridized carbons (Fsp3) is 0. The Bertz CT molecular complexity index is 497. The number of aromatic nitrogens is 1. The van der Waals surface area contributed by atoms with Crippen LogP contribution in [0.2, 0.25) is 10.3 Å². The Kier molecular flexibility index (Phi) is 3.27. The molecule has 0 aliphatic carbocycles. The molecule has 1 aromatic carbocycles.